The van der Waals surface area contributed by atoms with Crippen LogP contribution in [0.1, 0.15) is 0 Å². The molecule has 1 unspecified atom stereocenters. The minimum absolute atomic E-state index is 0.171. The number of rotatable bonds is 7. The van der Waals surface area contributed by atoms with E-state index in [1.54, 1.807) is 0 Å². The first kappa shape index (κ1) is 18.0. The van der Waals surface area contributed by atoms with Crippen LogP contribution in [0.25, 0.3) is 0 Å². The first-order valence-corrected chi connectivity index (χ1v) is 5.80. The van der Waals surface area contributed by atoms with Crippen molar-refractivity contribution >= 4 is 10.2 Å². The van der Waals surface area contributed by atoms with Gasteiger partial charge < -0.3 is 9.47 Å². The number of hydrogen-bond donors (Lipinski definition) is 0. The smallest absolute Gasteiger partial charge is 0.437 e. The van der Waals surface area contributed by atoms with E-state index in [-0.39, 0.29) is 6.26 Å². The average Bonchev–Trinajstić information content (AvgIpc) is 2.13. The van der Waals surface area contributed by atoms with Crippen molar-refractivity contribution in [2.24, 2.45) is 0 Å². The SMILES string of the molecule is C=COC(F)(F)C(F)(OCCS(=O)(=O)F)C(F)(F)F. The minimum atomic E-state index is -6.26. The van der Waals surface area contributed by atoms with E-state index in [0.717, 1.165) is 0 Å². The third kappa shape index (κ3) is 4.53. The molecule has 1 atom stereocenters. The summed E-state index contributed by atoms with van der Waals surface area (Å²) < 4.78 is 114. The summed E-state index contributed by atoms with van der Waals surface area (Å²) in [6.45, 7) is 0.713. The van der Waals surface area contributed by atoms with Crippen LogP contribution in [0.3, 0.4) is 0 Å². The lowest BCUT2D eigenvalue weighted by molar-refractivity contribution is -0.448. The van der Waals surface area contributed by atoms with Gasteiger partial charge in [-0.2, -0.15) is 34.8 Å². The Kier molecular flexibility index (Phi) is 5.22. The maximum atomic E-state index is 13.3. The van der Waals surface area contributed by atoms with Crippen molar-refractivity contribution in [3.8, 4) is 0 Å². The Labute approximate surface area is 103 Å². The second-order valence-electron chi connectivity index (χ2n) is 2.99. The van der Waals surface area contributed by atoms with Gasteiger partial charge in [0.05, 0.1) is 12.9 Å². The predicted molar refractivity (Wildman–Crippen MR) is 47.0 cm³/mol. The molecule has 0 aliphatic heterocycles. The Hall–Kier alpha value is -1.04. The van der Waals surface area contributed by atoms with Gasteiger partial charge in [0, 0.05) is 0 Å². The summed E-state index contributed by atoms with van der Waals surface area (Å²) in [5, 5.41) is 0. The molecular weight excluding hydrogens is 313 g/mol. The monoisotopic (exact) mass is 320 g/mol. The fraction of sp³-hybridized carbons (Fsp3) is 0.714. The van der Waals surface area contributed by atoms with Gasteiger partial charge in [-0.15, -0.1) is 3.89 Å². The van der Waals surface area contributed by atoms with Crippen LogP contribution >= 0.6 is 0 Å². The van der Waals surface area contributed by atoms with Crippen LogP contribution in [0.15, 0.2) is 12.8 Å². The molecule has 0 N–H and O–H groups in total. The van der Waals surface area contributed by atoms with Gasteiger partial charge in [-0.05, 0) is 0 Å². The van der Waals surface area contributed by atoms with Crippen LogP contribution in [-0.4, -0.2) is 38.9 Å². The van der Waals surface area contributed by atoms with E-state index in [9.17, 15) is 38.6 Å². The largest absolute Gasteiger partial charge is 0.468 e. The lowest BCUT2D eigenvalue weighted by Crippen LogP contribution is -2.58. The van der Waals surface area contributed by atoms with Crippen molar-refractivity contribution in [1.82, 2.24) is 0 Å². The van der Waals surface area contributed by atoms with E-state index in [0.29, 0.717) is 0 Å². The molecule has 0 aliphatic carbocycles. The maximum Gasteiger partial charge on any atom is 0.468 e. The van der Waals surface area contributed by atoms with Gasteiger partial charge in [0.25, 0.3) is 0 Å². The molecule has 0 heterocycles. The van der Waals surface area contributed by atoms with Crippen molar-refractivity contribution in [3.63, 3.8) is 0 Å². The molecule has 12 heteroatoms. The topological polar surface area (TPSA) is 52.6 Å². The quantitative estimate of drug-likeness (QED) is 0.410. The number of hydrogen-bond acceptors (Lipinski definition) is 4. The minimum Gasteiger partial charge on any atom is -0.437 e. The van der Waals surface area contributed by atoms with Gasteiger partial charge in [-0.25, -0.2) is 0 Å². The highest BCUT2D eigenvalue weighted by Gasteiger charge is 2.75. The summed E-state index contributed by atoms with van der Waals surface area (Å²) in [6.07, 6.45) is -12.0. The molecule has 4 nitrogen and oxygen atoms in total. The maximum absolute atomic E-state index is 13.3. The molecule has 114 valence electrons. The third-order valence-electron chi connectivity index (χ3n) is 1.60. The van der Waals surface area contributed by atoms with E-state index in [2.05, 4.69) is 16.1 Å². The zero-order chi connectivity index (χ0) is 15.5. The highest BCUT2D eigenvalue weighted by Crippen LogP contribution is 2.46. The molecule has 0 aromatic heterocycles. The zero-order valence-corrected chi connectivity index (χ0v) is 9.70. The molecule has 0 radical (unpaired) electrons. The number of ether oxygens (including phenoxy) is 2. The third-order valence-corrected chi connectivity index (χ3v) is 2.25. The summed E-state index contributed by atoms with van der Waals surface area (Å²) >= 11 is 0. The molecule has 0 aliphatic rings. The standard InChI is InChI=1S/C7H7F7O4S/c1-2-17-7(12,13)5(8,6(9,10)11)18-3-4-19(14,15)16/h2H,1,3-4H2. The van der Waals surface area contributed by atoms with E-state index >= 15 is 0 Å². The molecule has 0 saturated carbocycles. The van der Waals surface area contributed by atoms with Crippen LogP contribution in [0.4, 0.5) is 30.2 Å². The van der Waals surface area contributed by atoms with Crippen molar-refractivity contribution in [2.75, 3.05) is 12.4 Å². The molecule has 0 spiro atoms. The molecule has 0 fully saturated rings. The highest BCUT2D eigenvalue weighted by molar-refractivity contribution is 7.86. The molecule has 0 saturated heterocycles. The van der Waals surface area contributed by atoms with Crippen LogP contribution in [0.2, 0.25) is 0 Å². The van der Waals surface area contributed by atoms with Crippen molar-refractivity contribution < 1.29 is 48.1 Å². The number of alkyl halides is 6. The van der Waals surface area contributed by atoms with E-state index < -0.39 is 40.7 Å². The van der Waals surface area contributed by atoms with Gasteiger partial charge in [0.1, 0.15) is 5.75 Å². The van der Waals surface area contributed by atoms with Crippen LogP contribution < -0.4 is 0 Å². The fourth-order valence-corrected chi connectivity index (χ4v) is 1.08. The Morgan fingerprint density at radius 3 is 1.89 bits per heavy atom. The average molecular weight is 320 g/mol. The zero-order valence-electron chi connectivity index (χ0n) is 8.89. The molecular formula is C7H7F7O4S. The molecule has 0 bridgehead atoms. The Morgan fingerprint density at radius 1 is 1.11 bits per heavy atom. The lowest BCUT2D eigenvalue weighted by atomic mass is 10.2. The lowest BCUT2D eigenvalue weighted by Gasteiger charge is -2.32. The van der Waals surface area contributed by atoms with Crippen molar-refractivity contribution in [2.45, 2.75) is 18.1 Å². The molecule has 0 rings (SSSR count). The summed E-state index contributed by atoms with van der Waals surface area (Å²) in [5.41, 5.74) is 0. The van der Waals surface area contributed by atoms with Crippen LogP contribution in [-0.2, 0) is 19.7 Å². The van der Waals surface area contributed by atoms with Crippen molar-refractivity contribution in [1.29, 1.82) is 0 Å². The number of halogens is 7. The summed E-state index contributed by atoms with van der Waals surface area (Å²) in [6, 6.07) is 0. The molecule has 0 aromatic carbocycles. The predicted octanol–water partition coefficient (Wildman–Crippen LogP) is 2.28. The van der Waals surface area contributed by atoms with Gasteiger partial charge >= 0.3 is 28.4 Å². The fourth-order valence-electron chi connectivity index (χ4n) is 0.793. The molecule has 0 amide bonds. The Bertz CT molecular complexity index is 418. The summed E-state index contributed by atoms with van der Waals surface area (Å²) in [5.74, 6) is -7.39. The summed E-state index contributed by atoms with van der Waals surface area (Å²) in [7, 11) is -5.31. The van der Waals surface area contributed by atoms with Gasteiger partial charge in [-0.3, -0.25) is 0 Å². The van der Waals surface area contributed by atoms with E-state index in [4.69, 9.17) is 0 Å². The second kappa shape index (κ2) is 5.53. The molecule has 0 aromatic rings. The molecule has 19 heavy (non-hydrogen) atoms. The van der Waals surface area contributed by atoms with Crippen molar-refractivity contribution in [3.05, 3.63) is 12.8 Å². The normalized spacial score (nSPS) is 16.8. The Morgan fingerprint density at radius 2 is 1.58 bits per heavy atom. The second-order valence-corrected chi connectivity index (χ2v) is 4.47. The van der Waals surface area contributed by atoms with E-state index in [1.807, 2.05) is 0 Å². The van der Waals surface area contributed by atoms with Gasteiger partial charge in [0.15, 0.2) is 0 Å². The van der Waals surface area contributed by atoms with Crippen LogP contribution in [0.5, 0.6) is 0 Å². The first-order chi connectivity index (χ1) is 8.27. The first-order valence-electron chi connectivity index (χ1n) is 4.25. The Balaban J connectivity index is 5.16. The van der Waals surface area contributed by atoms with Gasteiger partial charge in [-0.1, -0.05) is 6.58 Å². The van der Waals surface area contributed by atoms with Gasteiger partial charge in [0.2, 0.25) is 0 Å². The highest BCUT2D eigenvalue weighted by atomic mass is 32.3. The van der Waals surface area contributed by atoms with E-state index in [1.165, 1.54) is 0 Å². The summed E-state index contributed by atoms with van der Waals surface area (Å²) in [4.78, 5) is 0. The van der Waals surface area contributed by atoms with Crippen LogP contribution in [0, 0.1) is 0 Å².